The van der Waals surface area contributed by atoms with Gasteiger partial charge in [0.25, 0.3) is 0 Å². The minimum Gasteiger partial charge on any atom is -0.493 e. The van der Waals surface area contributed by atoms with E-state index in [1.165, 1.54) is 20.3 Å². The fourth-order valence-corrected chi connectivity index (χ4v) is 5.37. The Balaban J connectivity index is 1.77. The molecule has 2 aliphatic rings. The molecule has 0 bridgehead atoms. The lowest BCUT2D eigenvalue weighted by atomic mass is 9.61. The highest BCUT2D eigenvalue weighted by Gasteiger charge is 2.49. The number of ether oxygens (including phenoxy) is 3. The summed E-state index contributed by atoms with van der Waals surface area (Å²) in [6, 6.07) is 4.73. The second kappa shape index (κ2) is 6.54. The van der Waals surface area contributed by atoms with Gasteiger partial charge in [0.2, 0.25) is 10.0 Å². The lowest BCUT2D eigenvalue weighted by Gasteiger charge is -2.52. The van der Waals surface area contributed by atoms with Crippen molar-refractivity contribution in [2.45, 2.75) is 36.7 Å². The second-order valence-electron chi connectivity index (χ2n) is 6.55. The molecular weight excluding hydrogens is 330 g/mol. The summed E-state index contributed by atoms with van der Waals surface area (Å²) in [7, 11) is 1.26. The molecule has 1 heterocycles. The molecule has 134 valence electrons. The lowest BCUT2D eigenvalue weighted by molar-refractivity contribution is -0.113. The van der Waals surface area contributed by atoms with Gasteiger partial charge < -0.3 is 14.2 Å². The highest BCUT2D eigenvalue weighted by Crippen LogP contribution is 2.51. The smallest absolute Gasteiger partial charge is 0.243 e. The standard InChI is InChI=1S/C17H25NO5S/c1-21-14-5-4-13(12-15(14)22-2)24(19,20)18-10-8-17(9-11-18)7-6-16(17)23-3/h4-5,12,16H,6-11H2,1-3H3. The van der Waals surface area contributed by atoms with Gasteiger partial charge in [0, 0.05) is 26.3 Å². The summed E-state index contributed by atoms with van der Waals surface area (Å²) in [6.45, 7) is 1.08. The molecule has 1 aliphatic carbocycles. The largest absolute Gasteiger partial charge is 0.493 e. The Morgan fingerprint density at radius 1 is 1.04 bits per heavy atom. The average molecular weight is 355 g/mol. The van der Waals surface area contributed by atoms with Crippen LogP contribution in [0.25, 0.3) is 0 Å². The highest BCUT2D eigenvalue weighted by atomic mass is 32.2. The van der Waals surface area contributed by atoms with Crippen molar-refractivity contribution >= 4 is 10.0 Å². The maximum absolute atomic E-state index is 12.9. The van der Waals surface area contributed by atoms with E-state index >= 15 is 0 Å². The van der Waals surface area contributed by atoms with Crippen molar-refractivity contribution in [3.63, 3.8) is 0 Å². The number of methoxy groups -OCH3 is 3. The fraction of sp³-hybridized carbons (Fsp3) is 0.647. The molecule has 1 aliphatic heterocycles. The third-order valence-corrected chi connectivity index (χ3v) is 7.48. The van der Waals surface area contributed by atoms with Crippen LogP contribution in [0.5, 0.6) is 11.5 Å². The van der Waals surface area contributed by atoms with Crippen molar-refractivity contribution < 1.29 is 22.6 Å². The molecule has 1 aromatic rings. The van der Waals surface area contributed by atoms with Gasteiger partial charge in [-0.15, -0.1) is 0 Å². The maximum atomic E-state index is 12.9. The first-order chi connectivity index (χ1) is 11.5. The van der Waals surface area contributed by atoms with Crippen LogP contribution < -0.4 is 9.47 Å². The molecular formula is C17H25NO5S. The van der Waals surface area contributed by atoms with Crippen molar-refractivity contribution in [2.75, 3.05) is 34.4 Å². The minimum atomic E-state index is -3.52. The van der Waals surface area contributed by atoms with E-state index in [0.717, 1.165) is 25.7 Å². The molecule has 6 nitrogen and oxygen atoms in total. The molecule has 24 heavy (non-hydrogen) atoms. The molecule has 1 aromatic carbocycles. The van der Waals surface area contributed by atoms with E-state index in [0.29, 0.717) is 24.6 Å². The third kappa shape index (κ3) is 2.78. The van der Waals surface area contributed by atoms with E-state index in [2.05, 4.69) is 0 Å². The summed E-state index contributed by atoms with van der Waals surface area (Å²) in [4.78, 5) is 0.244. The van der Waals surface area contributed by atoms with Crippen LogP contribution >= 0.6 is 0 Å². The molecule has 0 radical (unpaired) electrons. The number of benzene rings is 1. The molecule has 2 fully saturated rings. The first-order valence-corrected chi connectivity index (χ1v) is 9.66. The molecule has 7 heteroatoms. The number of rotatable bonds is 5. The first kappa shape index (κ1) is 17.5. The summed E-state index contributed by atoms with van der Waals surface area (Å²) in [5.74, 6) is 0.942. The summed E-state index contributed by atoms with van der Waals surface area (Å²) in [5.41, 5.74) is 0.179. The van der Waals surface area contributed by atoms with Crippen LogP contribution in [-0.2, 0) is 14.8 Å². The highest BCUT2D eigenvalue weighted by molar-refractivity contribution is 7.89. The van der Waals surface area contributed by atoms with Crippen molar-refractivity contribution in [1.29, 1.82) is 0 Å². The van der Waals surface area contributed by atoms with Crippen LogP contribution in [0.3, 0.4) is 0 Å². The van der Waals surface area contributed by atoms with E-state index in [9.17, 15) is 8.42 Å². The summed E-state index contributed by atoms with van der Waals surface area (Å²) in [5, 5.41) is 0. The van der Waals surface area contributed by atoms with Gasteiger partial charge in [-0.3, -0.25) is 0 Å². The van der Waals surface area contributed by atoms with E-state index in [-0.39, 0.29) is 16.4 Å². The van der Waals surface area contributed by atoms with Crippen LogP contribution in [0.2, 0.25) is 0 Å². The van der Waals surface area contributed by atoms with Gasteiger partial charge in [0.15, 0.2) is 11.5 Å². The Labute approximate surface area is 143 Å². The van der Waals surface area contributed by atoms with E-state index in [1.54, 1.807) is 23.5 Å². The van der Waals surface area contributed by atoms with E-state index in [1.807, 2.05) is 0 Å². The Bertz CT molecular complexity index is 693. The predicted octanol–water partition coefficient (Wildman–Crippen LogP) is 2.28. The minimum absolute atomic E-state index is 0.179. The van der Waals surface area contributed by atoms with Gasteiger partial charge in [-0.1, -0.05) is 0 Å². The zero-order chi connectivity index (χ0) is 17.4. The molecule has 0 N–H and O–H groups in total. The molecule has 0 amide bonds. The Kier molecular flexibility index (Phi) is 4.77. The zero-order valence-electron chi connectivity index (χ0n) is 14.4. The summed E-state index contributed by atoms with van der Waals surface area (Å²) in [6.07, 6.45) is 4.22. The normalized spacial score (nSPS) is 23.7. The number of hydrogen-bond acceptors (Lipinski definition) is 5. The van der Waals surface area contributed by atoms with Crippen LogP contribution in [0.15, 0.2) is 23.1 Å². The van der Waals surface area contributed by atoms with Gasteiger partial charge in [-0.05, 0) is 43.2 Å². The fourth-order valence-electron chi connectivity index (χ4n) is 3.91. The zero-order valence-corrected chi connectivity index (χ0v) is 15.3. The van der Waals surface area contributed by atoms with Crippen LogP contribution in [0, 0.1) is 5.41 Å². The lowest BCUT2D eigenvalue weighted by Crippen LogP contribution is -2.53. The number of piperidine rings is 1. The molecule has 1 spiro atoms. The van der Waals surface area contributed by atoms with E-state index < -0.39 is 10.0 Å². The van der Waals surface area contributed by atoms with Crippen molar-refractivity contribution in [2.24, 2.45) is 5.41 Å². The van der Waals surface area contributed by atoms with Gasteiger partial charge in [-0.25, -0.2) is 8.42 Å². The van der Waals surface area contributed by atoms with Gasteiger partial charge in [-0.2, -0.15) is 4.31 Å². The second-order valence-corrected chi connectivity index (χ2v) is 8.48. The first-order valence-electron chi connectivity index (χ1n) is 8.22. The predicted molar refractivity (Wildman–Crippen MR) is 90.0 cm³/mol. The van der Waals surface area contributed by atoms with Gasteiger partial charge in [0.1, 0.15) is 0 Å². The number of nitrogens with zero attached hydrogens (tertiary/aromatic N) is 1. The molecule has 1 saturated carbocycles. The maximum Gasteiger partial charge on any atom is 0.243 e. The molecule has 1 saturated heterocycles. The number of sulfonamides is 1. The molecule has 1 atom stereocenters. The molecule has 0 aromatic heterocycles. The van der Waals surface area contributed by atoms with E-state index in [4.69, 9.17) is 14.2 Å². The number of hydrogen-bond donors (Lipinski definition) is 0. The van der Waals surface area contributed by atoms with Crippen LogP contribution in [-0.4, -0.2) is 53.2 Å². The quantitative estimate of drug-likeness (QED) is 0.811. The van der Waals surface area contributed by atoms with Gasteiger partial charge in [0.05, 0.1) is 25.2 Å². The SMILES string of the molecule is COc1ccc(S(=O)(=O)N2CCC3(CCC3OC)CC2)cc1OC. The summed E-state index contributed by atoms with van der Waals surface area (Å²) >= 11 is 0. The van der Waals surface area contributed by atoms with Crippen LogP contribution in [0.4, 0.5) is 0 Å². The topological polar surface area (TPSA) is 65.1 Å². The Morgan fingerprint density at radius 3 is 2.21 bits per heavy atom. The molecule has 1 unspecified atom stereocenters. The molecule has 3 rings (SSSR count). The average Bonchev–Trinajstić information content (AvgIpc) is 2.60. The Hall–Kier alpha value is -1.31. The van der Waals surface area contributed by atoms with Crippen molar-refractivity contribution in [1.82, 2.24) is 4.31 Å². The third-order valence-electron chi connectivity index (χ3n) is 5.58. The summed E-state index contributed by atoms with van der Waals surface area (Å²) < 4.78 is 43.4. The Morgan fingerprint density at radius 2 is 1.71 bits per heavy atom. The van der Waals surface area contributed by atoms with Crippen molar-refractivity contribution in [3.8, 4) is 11.5 Å². The van der Waals surface area contributed by atoms with Crippen molar-refractivity contribution in [3.05, 3.63) is 18.2 Å². The van der Waals surface area contributed by atoms with Gasteiger partial charge >= 0.3 is 0 Å². The monoisotopic (exact) mass is 355 g/mol. The van der Waals surface area contributed by atoms with Crippen LogP contribution in [0.1, 0.15) is 25.7 Å².